The fraction of sp³-hybridized carbons (Fsp3) is 0.0625. The van der Waals surface area contributed by atoms with Crippen molar-refractivity contribution in [2.45, 2.75) is 6.42 Å². The minimum atomic E-state index is 0.900. The molecule has 2 heterocycles. The molecule has 0 spiro atoms. The monoisotopic (exact) mass is 232 g/mol. The summed E-state index contributed by atoms with van der Waals surface area (Å²) < 4.78 is 0. The van der Waals surface area contributed by atoms with Gasteiger partial charge in [0.25, 0.3) is 0 Å². The summed E-state index contributed by atoms with van der Waals surface area (Å²) in [5.74, 6) is 0. The van der Waals surface area contributed by atoms with Crippen molar-refractivity contribution in [2.75, 3.05) is 0 Å². The Morgan fingerprint density at radius 3 is 2.94 bits per heavy atom. The molecular weight excluding hydrogens is 220 g/mol. The van der Waals surface area contributed by atoms with Gasteiger partial charge in [0.05, 0.1) is 5.69 Å². The minimum Gasteiger partial charge on any atom is -0.361 e. The van der Waals surface area contributed by atoms with Crippen molar-refractivity contribution < 1.29 is 0 Å². The quantitative estimate of drug-likeness (QED) is 0.604. The lowest BCUT2D eigenvalue weighted by Gasteiger charge is -2.09. The molecule has 0 saturated carbocycles. The van der Waals surface area contributed by atoms with E-state index in [9.17, 15) is 0 Å². The highest BCUT2D eigenvalue weighted by Gasteiger charge is 2.14. The molecule has 0 bridgehead atoms. The van der Waals surface area contributed by atoms with Gasteiger partial charge in [0.15, 0.2) is 0 Å². The van der Waals surface area contributed by atoms with Gasteiger partial charge < -0.3 is 4.98 Å². The Morgan fingerprint density at radius 1 is 1.00 bits per heavy atom. The number of rotatable bonds is 0. The molecule has 18 heavy (non-hydrogen) atoms. The van der Waals surface area contributed by atoms with Gasteiger partial charge in [-0.05, 0) is 29.3 Å². The van der Waals surface area contributed by atoms with Crippen LogP contribution >= 0.6 is 0 Å². The van der Waals surface area contributed by atoms with E-state index in [4.69, 9.17) is 0 Å². The number of aliphatic imine (C=N–C) groups is 1. The van der Waals surface area contributed by atoms with Crippen molar-refractivity contribution in [2.24, 2.45) is 4.99 Å². The first-order valence-electron chi connectivity index (χ1n) is 6.14. The lowest BCUT2D eigenvalue weighted by atomic mass is 9.95. The summed E-state index contributed by atoms with van der Waals surface area (Å²) in [6, 6.07) is 14.9. The smallest absolute Gasteiger partial charge is 0.0711 e. The van der Waals surface area contributed by atoms with Gasteiger partial charge in [-0.3, -0.25) is 4.99 Å². The van der Waals surface area contributed by atoms with Crippen LogP contribution in [0.2, 0.25) is 0 Å². The maximum Gasteiger partial charge on any atom is 0.0711 e. The lowest BCUT2D eigenvalue weighted by Crippen LogP contribution is -1.88. The van der Waals surface area contributed by atoms with Crippen LogP contribution in [0.15, 0.2) is 53.7 Å². The molecule has 1 N–H and O–H groups in total. The molecule has 1 aliphatic rings. The molecular formula is C16H12N2. The molecule has 2 aromatic carbocycles. The van der Waals surface area contributed by atoms with Crippen LogP contribution in [0.5, 0.6) is 0 Å². The molecule has 0 amide bonds. The van der Waals surface area contributed by atoms with Crippen LogP contribution in [0, 0.1) is 0 Å². The van der Waals surface area contributed by atoms with Crippen molar-refractivity contribution in [3.05, 3.63) is 54.2 Å². The highest BCUT2D eigenvalue weighted by Crippen LogP contribution is 2.39. The standard InChI is InChI=1S/C16H12N2/c1-2-4-12-11(3-1)7-9-18-15-6-5-14-13(16(12)15)8-10-17-14/h1-6,8-10,17H,7H2. The number of aromatic nitrogens is 1. The molecule has 0 saturated heterocycles. The molecule has 1 aromatic heterocycles. The van der Waals surface area contributed by atoms with Gasteiger partial charge in [0.2, 0.25) is 0 Å². The van der Waals surface area contributed by atoms with Crippen molar-refractivity contribution in [1.29, 1.82) is 0 Å². The van der Waals surface area contributed by atoms with E-state index in [0.717, 1.165) is 12.1 Å². The molecule has 2 heteroatoms. The number of benzene rings is 2. The molecule has 86 valence electrons. The number of nitrogens with one attached hydrogen (secondary N) is 1. The van der Waals surface area contributed by atoms with E-state index in [1.54, 1.807) is 0 Å². The minimum absolute atomic E-state index is 0.900. The average molecular weight is 232 g/mol. The van der Waals surface area contributed by atoms with Crippen LogP contribution < -0.4 is 0 Å². The van der Waals surface area contributed by atoms with Crippen LogP contribution in [0.3, 0.4) is 0 Å². The van der Waals surface area contributed by atoms with E-state index in [0.29, 0.717) is 0 Å². The van der Waals surface area contributed by atoms with Crippen LogP contribution in [0.25, 0.3) is 22.0 Å². The third-order valence-electron chi connectivity index (χ3n) is 3.54. The van der Waals surface area contributed by atoms with Crippen molar-refractivity contribution in [1.82, 2.24) is 4.98 Å². The van der Waals surface area contributed by atoms with Gasteiger partial charge in [0.1, 0.15) is 0 Å². The number of H-pyrrole nitrogens is 1. The second-order valence-electron chi connectivity index (χ2n) is 4.57. The number of fused-ring (bicyclic) bond motifs is 5. The van der Waals surface area contributed by atoms with Crippen LogP contribution in [-0.2, 0) is 6.42 Å². The summed E-state index contributed by atoms with van der Waals surface area (Å²) >= 11 is 0. The zero-order chi connectivity index (χ0) is 11.9. The van der Waals surface area contributed by atoms with E-state index < -0.39 is 0 Å². The Morgan fingerprint density at radius 2 is 1.94 bits per heavy atom. The van der Waals surface area contributed by atoms with Gasteiger partial charge in [-0.15, -0.1) is 0 Å². The largest absolute Gasteiger partial charge is 0.361 e. The van der Waals surface area contributed by atoms with Gasteiger partial charge in [-0.25, -0.2) is 0 Å². The summed E-state index contributed by atoms with van der Waals surface area (Å²) in [4.78, 5) is 7.86. The number of aromatic amines is 1. The first kappa shape index (κ1) is 9.66. The fourth-order valence-corrected chi connectivity index (χ4v) is 2.70. The summed E-state index contributed by atoms with van der Waals surface area (Å²) in [6.07, 6.45) is 4.89. The molecule has 0 aliphatic carbocycles. The first-order chi connectivity index (χ1) is 8.93. The molecule has 0 unspecified atom stereocenters. The van der Waals surface area contributed by atoms with Gasteiger partial charge >= 0.3 is 0 Å². The number of hydrogen-bond acceptors (Lipinski definition) is 1. The third kappa shape index (κ3) is 1.26. The summed E-state index contributed by atoms with van der Waals surface area (Å²) in [6.45, 7) is 0. The number of nitrogens with zero attached hydrogens (tertiary/aromatic N) is 1. The highest BCUT2D eigenvalue weighted by molar-refractivity contribution is 6.03. The van der Waals surface area contributed by atoms with Crippen molar-refractivity contribution in [3.8, 4) is 11.1 Å². The predicted octanol–water partition coefficient (Wildman–Crippen LogP) is 4.09. The second-order valence-corrected chi connectivity index (χ2v) is 4.57. The Bertz CT molecular complexity index is 766. The maximum absolute atomic E-state index is 4.59. The summed E-state index contributed by atoms with van der Waals surface area (Å²) in [5.41, 5.74) is 6.12. The number of hydrogen-bond donors (Lipinski definition) is 1. The Labute approximate surface area is 105 Å². The molecule has 2 nitrogen and oxygen atoms in total. The Balaban J connectivity index is 2.19. The third-order valence-corrected chi connectivity index (χ3v) is 3.54. The lowest BCUT2D eigenvalue weighted by molar-refractivity contribution is 1.37. The average Bonchev–Trinajstić information content (AvgIpc) is 2.80. The van der Waals surface area contributed by atoms with Gasteiger partial charge in [-0.1, -0.05) is 24.3 Å². The van der Waals surface area contributed by atoms with E-state index in [1.165, 1.54) is 27.6 Å². The molecule has 1 aliphatic heterocycles. The van der Waals surface area contributed by atoms with Crippen LogP contribution in [-0.4, -0.2) is 11.2 Å². The SMILES string of the molecule is C1=Nc2ccc3[nH]ccc3c2-c2ccccc2C1. The maximum atomic E-state index is 4.59. The Kier molecular flexibility index (Phi) is 1.92. The summed E-state index contributed by atoms with van der Waals surface area (Å²) in [7, 11) is 0. The molecule has 4 rings (SSSR count). The zero-order valence-corrected chi connectivity index (χ0v) is 9.85. The van der Waals surface area contributed by atoms with Crippen molar-refractivity contribution in [3.63, 3.8) is 0 Å². The van der Waals surface area contributed by atoms with E-state index >= 15 is 0 Å². The van der Waals surface area contributed by atoms with Crippen LogP contribution in [0.1, 0.15) is 5.56 Å². The van der Waals surface area contributed by atoms with Gasteiger partial charge in [0, 0.05) is 35.3 Å². The van der Waals surface area contributed by atoms with E-state index in [-0.39, 0.29) is 0 Å². The molecule has 0 atom stereocenters. The van der Waals surface area contributed by atoms with Gasteiger partial charge in [-0.2, -0.15) is 0 Å². The highest BCUT2D eigenvalue weighted by atomic mass is 14.7. The van der Waals surface area contributed by atoms with Crippen molar-refractivity contribution >= 4 is 22.8 Å². The van der Waals surface area contributed by atoms with E-state index in [2.05, 4.69) is 52.4 Å². The topological polar surface area (TPSA) is 28.1 Å². The normalized spacial score (nSPS) is 13.1. The molecule has 0 fully saturated rings. The fourth-order valence-electron chi connectivity index (χ4n) is 2.70. The summed E-state index contributed by atoms with van der Waals surface area (Å²) in [5, 5.41) is 1.25. The van der Waals surface area contributed by atoms with E-state index in [1.807, 2.05) is 12.4 Å². The Hall–Kier alpha value is -2.35. The zero-order valence-electron chi connectivity index (χ0n) is 9.85. The predicted molar refractivity (Wildman–Crippen MR) is 75.6 cm³/mol. The molecule has 3 aromatic rings. The van der Waals surface area contributed by atoms with Crippen LogP contribution in [0.4, 0.5) is 5.69 Å². The second kappa shape index (κ2) is 3.57. The first-order valence-corrected chi connectivity index (χ1v) is 6.14. The molecule has 0 radical (unpaired) electrons.